The first-order valence-electron chi connectivity index (χ1n) is 8.97. The number of carbonyl (C=O) groups is 1. The van der Waals surface area contributed by atoms with Gasteiger partial charge in [0, 0.05) is 11.4 Å². The minimum absolute atomic E-state index is 0.101. The smallest absolute Gasteiger partial charge is 0.303 e. The molecule has 3 aromatic rings. The molecule has 1 atom stereocenters. The number of rotatable bonds is 9. The highest BCUT2D eigenvalue weighted by Crippen LogP contribution is 2.26. The van der Waals surface area contributed by atoms with E-state index in [4.69, 9.17) is 21.1 Å². The topological polar surface area (TPSA) is 96.6 Å². The van der Waals surface area contributed by atoms with Crippen molar-refractivity contribution in [2.24, 2.45) is 0 Å². The molecule has 8 heteroatoms. The van der Waals surface area contributed by atoms with E-state index >= 15 is 0 Å². The second kappa shape index (κ2) is 9.26. The summed E-state index contributed by atoms with van der Waals surface area (Å²) in [6.45, 7) is 0. The number of sulfonamides is 1. The monoisotopic (exact) mass is 433 g/mol. The zero-order valence-electron chi connectivity index (χ0n) is 15.4. The Morgan fingerprint density at radius 2 is 1.76 bits per heavy atom. The molecule has 0 fully saturated rings. The van der Waals surface area contributed by atoms with Gasteiger partial charge in [-0.05, 0) is 60.4 Å². The lowest BCUT2D eigenvalue weighted by molar-refractivity contribution is -0.137. The zero-order chi connectivity index (χ0) is 20.9. The van der Waals surface area contributed by atoms with Crippen molar-refractivity contribution in [2.45, 2.75) is 30.2 Å². The lowest BCUT2D eigenvalue weighted by atomic mass is 10.0. The minimum Gasteiger partial charge on any atom is -0.481 e. The lowest BCUT2D eigenvalue weighted by Gasteiger charge is -2.18. The van der Waals surface area contributed by atoms with Gasteiger partial charge < -0.3 is 9.52 Å². The van der Waals surface area contributed by atoms with Crippen molar-refractivity contribution in [1.29, 1.82) is 0 Å². The van der Waals surface area contributed by atoms with E-state index < -0.39 is 22.0 Å². The van der Waals surface area contributed by atoms with Crippen molar-refractivity contribution in [3.63, 3.8) is 0 Å². The van der Waals surface area contributed by atoms with Crippen LogP contribution >= 0.6 is 11.6 Å². The number of hydrogen-bond donors (Lipinski definition) is 2. The van der Waals surface area contributed by atoms with E-state index in [2.05, 4.69) is 4.72 Å². The molecule has 29 heavy (non-hydrogen) atoms. The van der Waals surface area contributed by atoms with E-state index in [1.54, 1.807) is 12.1 Å². The third-order valence-electron chi connectivity index (χ3n) is 4.39. The third-order valence-corrected chi connectivity index (χ3v) is 6.08. The summed E-state index contributed by atoms with van der Waals surface area (Å²) >= 11 is 5.85. The number of aliphatic carboxylic acids is 1. The van der Waals surface area contributed by atoms with E-state index in [1.165, 1.54) is 30.5 Å². The van der Waals surface area contributed by atoms with Gasteiger partial charge in [0.05, 0.1) is 11.2 Å². The highest BCUT2D eigenvalue weighted by atomic mass is 35.5. The Bertz CT molecular complexity index is 1050. The van der Waals surface area contributed by atoms with Crippen LogP contribution in [0.25, 0.3) is 0 Å². The zero-order valence-corrected chi connectivity index (χ0v) is 17.0. The SMILES string of the molecule is O=C(O)CCCc1ccc(C(NS(=O)(=O)c2ccc(Cl)cc2)c2ccco2)cc1. The fourth-order valence-corrected chi connectivity index (χ4v) is 4.22. The fraction of sp³-hybridized carbons (Fsp3) is 0.190. The summed E-state index contributed by atoms with van der Waals surface area (Å²) in [5.74, 6) is -0.364. The maximum atomic E-state index is 12.8. The van der Waals surface area contributed by atoms with Crippen LogP contribution < -0.4 is 4.72 Å². The molecule has 1 heterocycles. The van der Waals surface area contributed by atoms with Crippen molar-refractivity contribution >= 4 is 27.6 Å². The quantitative estimate of drug-likeness (QED) is 0.521. The Kier molecular flexibility index (Phi) is 6.74. The summed E-state index contributed by atoms with van der Waals surface area (Å²) in [7, 11) is -3.82. The molecule has 2 N–H and O–H groups in total. The molecule has 0 saturated heterocycles. The Hall–Kier alpha value is -2.61. The molecule has 6 nitrogen and oxygen atoms in total. The Labute approximate surface area is 174 Å². The number of carboxylic acid groups (broad SMARTS) is 1. The van der Waals surface area contributed by atoms with Crippen molar-refractivity contribution in [3.8, 4) is 0 Å². The van der Waals surface area contributed by atoms with Crippen LogP contribution in [0.15, 0.2) is 76.2 Å². The summed E-state index contributed by atoms with van der Waals surface area (Å²) in [5, 5.41) is 9.20. The van der Waals surface area contributed by atoms with Gasteiger partial charge in [0.15, 0.2) is 0 Å². The molecule has 0 saturated carbocycles. The van der Waals surface area contributed by atoms with Crippen molar-refractivity contribution in [1.82, 2.24) is 4.72 Å². The van der Waals surface area contributed by atoms with Gasteiger partial charge in [-0.2, -0.15) is 4.72 Å². The van der Waals surface area contributed by atoms with Gasteiger partial charge in [-0.25, -0.2) is 8.42 Å². The average molecular weight is 434 g/mol. The molecule has 0 aliphatic carbocycles. The van der Waals surface area contributed by atoms with Crippen LogP contribution in [0.1, 0.15) is 35.8 Å². The highest BCUT2D eigenvalue weighted by molar-refractivity contribution is 7.89. The predicted octanol–water partition coefficient (Wildman–Crippen LogP) is 4.41. The van der Waals surface area contributed by atoms with Gasteiger partial charge in [-0.3, -0.25) is 4.79 Å². The maximum Gasteiger partial charge on any atom is 0.303 e. The van der Waals surface area contributed by atoms with Crippen LogP contribution in [0.2, 0.25) is 5.02 Å². The van der Waals surface area contributed by atoms with E-state index in [1.807, 2.05) is 24.3 Å². The van der Waals surface area contributed by atoms with E-state index in [9.17, 15) is 13.2 Å². The summed E-state index contributed by atoms with van der Waals surface area (Å²) < 4.78 is 33.8. The van der Waals surface area contributed by atoms with Gasteiger partial charge in [0.25, 0.3) is 0 Å². The van der Waals surface area contributed by atoms with Gasteiger partial charge in [-0.1, -0.05) is 35.9 Å². The molecule has 1 aromatic heterocycles. The van der Waals surface area contributed by atoms with E-state index in [-0.39, 0.29) is 11.3 Å². The molecule has 1 unspecified atom stereocenters. The third kappa shape index (κ3) is 5.69. The Morgan fingerprint density at radius 1 is 1.07 bits per heavy atom. The van der Waals surface area contributed by atoms with Crippen molar-refractivity contribution in [2.75, 3.05) is 0 Å². The normalized spacial score (nSPS) is 12.6. The number of halogens is 1. The van der Waals surface area contributed by atoms with Crippen LogP contribution in [0.3, 0.4) is 0 Å². The molecule has 0 aliphatic heterocycles. The molecular weight excluding hydrogens is 414 g/mol. The first kappa shape index (κ1) is 21.1. The first-order valence-corrected chi connectivity index (χ1v) is 10.8. The summed E-state index contributed by atoms with van der Waals surface area (Å²) in [6.07, 6.45) is 2.77. The Morgan fingerprint density at radius 3 is 2.34 bits per heavy atom. The molecule has 0 aliphatic rings. The van der Waals surface area contributed by atoms with Crippen molar-refractivity contribution < 1.29 is 22.7 Å². The van der Waals surface area contributed by atoms with Crippen LogP contribution in [0.5, 0.6) is 0 Å². The van der Waals surface area contributed by atoms with Crippen LogP contribution in [0, 0.1) is 0 Å². The number of benzene rings is 2. The number of carboxylic acids is 1. The molecule has 3 rings (SSSR count). The highest BCUT2D eigenvalue weighted by Gasteiger charge is 2.25. The number of hydrogen-bond acceptors (Lipinski definition) is 4. The van der Waals surface area contributed by atoms with Crippen LogP contribution in [-0.2, 0) is 21.2 Å². The molecular formula is C21H20ClNO5S. The number of aryl methyl sites for hydroxylation is 1. The number of furan rings is 1. The number of nitrogens with one attached hydrogen (secondary N) is 1. The lowest BCUT2D eigenvalue weighted by Crippen LogP contribution is -2.29. The molecule has 0 amide bonds. The van der Waals surface area contributed by atoms with E-state index in [0.717, 1.165) is 5.56 Å². The molecule has 0 bridgehead atoms. The van der Waals surface area contributed by atoms with Crippen molar-refractivity contribution in [3.05, 3.63) is 88.8 Å². The molecule has 152 valence electrons. The summed E-state index contributed by atoms with van der Waals surface area (Å²) in [5.41, 5.74) is 1.69. The van der Waals surface area contributed by atoms with Gasteiger partial charge >= 0.3 is 5.97 Å². The molecule has 0 spiro atoms. The fourth-order valence-electron chi connectivity index (χ4n) is 2.90. The summed E-state index contributed by atoms with van der Waals surface area (Å²) in [6, 6.07) is 16.0. The predicted molar refractivity (Wildman–Crippen MR) is 109 cm³/mol. The Balaban J connectivity index is 1.83. The minimum atomic E-state index is -3.82. The molecule has 2 aromatic carbocycles. The van der Waals surface area contributed by atoms with Gasteiger partial charge in [0.2, 0.25) is 10.0 Å². The second-order valence-corrected chi connectivity index (χ2v) is 8.66. The van der Waals surface area contributed by atoms with E-state index in [0.29, 0.717) is 29.2 Å². The summed E-state index contributed by atoms with van der Waals surface area (Å²) in [4.78, 5) is 10.8. The second-order valence-electron chi connectivity index (χ2n) is 6.51. The standard InChI is InChI=1S/C21H20ClNO5S/c22-17-10-12-18(13-11-17)29(26,27)23-21(19-4-2-14-28-19)16-8-6-15(7-9-16)3-1-5-20(24)25/h2,4,6-14,21,23H,1,3,5H2,(H,24,25). The maximum absolute atomic E-state index is 12.8. The van der Waals surface area contributed by atoms with Crippen LogP contribution in [0.4, 0.5) is 0 Å². The molecule has 0 radical (unpaired) electrons. The van der Waals surface area contributed by atoms with Crippen LogP contribution in [-0.4, -0.2) is 19.5 Å². The van der Waals surface area contributed by atoms with Gasteiger partial charge in [0.1, 0.15) is 11.8 Å². The first-order chi connectivity index (χ1) is 13.8. The largest absolute Gasteiger partial charge is 0.481 e. The van der Waals surface area contributed by atoms with Gasteiger partial charge in [-0.15, -0.1) is 0 Å². The average Bonchev–Trinajstić information content (AvgIpc) is 3.21.